The highest BCUT2D eigenvalue weighted by atomic mass is 32.2. The summed E-state index contributed by atoms with van der Waals surface area (Å²) < 4.78 is 39.3. The van der Waals surface area contributed by atoms with E-state index >= 15 is 0 Å². The molecule has 0 aliphatic heterocycles. The van der Waals surface area contributed by atoms with Crippen molar-refractivity contribution in [1.82, 2.24) is 10.2 Å². The Balaban J connectivity index is 1.49. The summed E-state index contributed by atoms with van der Waals surface area (Å²) in [5.74, 6) is 1.36. The molecule has 0 aliphatic carbocycles. The number of ether oxygens (including phenoxy) is 3. The number of hydrogen-bond donors (Lipinski definition) is 1. The number of amides is 1. The second-order valence-electron chi connectivity index (χ2n) is 7.07. The largest absolute Gasteiger partial charge is 0.497 e. The van der Waals surface area contributed by atoms with Crippen molar-refractivity contribution in [3.05, 3.63) is 59.7 Å². The zero-order chi connectivity index (χ0) is 25.3. The Kier molecular flexibility index (Phi) is 8.77. The van der Waals surface area contributed by atoms with Crippen LogP contribution >= 0.6 is 11.3 Å². The van der Waals surface area contributed by atoms with Gasteiger partial charge in [-0.1, -0.05) is 29.5 Å². The van der Waals surface area contributed by atoms with Crippen molar-refractivity contribution < 1.29 is 27.4 Å². The minimum absolute atomic E-state index is 0.0179. The van der Waals surface area contributed by atoms with Crippen molar-refractivity contribution in [2.24, 2.45) is 0 Å². The number of benzene rings is 2. The van der Waals surface area contributed by atoms with Crippen LogP contribution in [0.3, 0.4) is 0 Å². The number of nitriles is 1. The van der Waals surface area contributed by atoms with E-state index in [1.807, 2.05) is 30.3 Å². The zero-order valence-corrected chi connectivity index (χ0v) is 20.6. The summed E-state index contributed by atoms with van der Waals surface area (Å²) in [7, 11) is -1.93. The van der Waals surface area contributed by atoms with E-state index in [1.54, 1.807) is 31.4 Å². The van der Waals surface area contributed by atoms with E-state index in [-0.39, 0.29) is 15.0 Å². The third-order valence-electron chi connectivity index (χ3n) is 4.37. The van der Waals surface area contributed by atoms with Crippen LogP contribution in [-0.4, -0.2) is 51.1 Å². The smallest absolute Gasteiger partial charge is 0.268 e. The summed E-state index contributed by atoms with van der Waals surface area (Å²) in [6.07, 6.45) is 3.06. The fourth-order valence-corrected chi connectivity index (χ4v) is 4.18. The van der Waals surface area contributed by atoms with Crippen LogP contribution in [0.15, 0.2) is 58.4 Å². The molecule has 0 fully saturated rings. The van der Waals surface area contributed by atoms with E-state index in [2.05, 4.69) is 15.5 Å². The molecule has 0 radical (unpaired) electrons. The van der Waals surface area contributed by atoms with Crippen molar-refractivity contribution in [2.75, 3.05) is 31.9 Å². The zero-order valence-electron chi connectivity index (χ0n) is 18.9. The molecule has 2 aromatic carbocycles. The highest BCUT2D eigenvalue weighted by Crippen LogP contribution is 2.21. The maximum Gasteiger partial charge on any atom is 0.268 e. The molecule has 3 rings (SSSR count). The van der Waals surface area contributed by atoms with Gasteiger partial charge in [-0.05, 0) is 35.9 Å². The predicted octanol–water partition coefficient (Wildman–Crippen LogP) is 3.34. The highest BCUT2D eigenvalue weighted by molar-refractivity contribution is 7.92. The van der Waals surface area contributed by atoms with Crippen molar-refractivity contribution >= 4 is 38.3 Å². The first kappa shape index (κ1) is 25.7. The lowest BCUT2D eigenvalue weighted by Crippen LogP contribution is -2.13. The number of nitrogens with zero attached hydrogens (tertiary/aromatic N) is 3. The fourth-order valence-electron chi connectivity index (χ4n) is 2.68. The van der Waals surface area contributed by atoms with Gasteiger partial charge >= 0.3 is 0 Å². The molecule has 1 N–H and O–H groups in total. The lowest BCUT2D eigenvalue weighted by atomic mass is 10.1. The summed E-state index contributed by atoms with van der Waals surface area (Å²) in [6, 6.07) is 16.1. The normalized spacial score (nSPS) is 11.4. The van der Waals surface area contributed by atoms with Crippen molar-refractivity contribution in [3.8, 4) is 23.3 Å². The molecule has 35 heavy (non-hydrogen) atoms. The molecule has 0 atom stereocenters. The predicted molar refractivity (Wildman–Crippen MR) is 130 cm³/mol. The third-order valence-corrected chi connectivity index (χ3v) is 6.88. The second-order valence-corrected chi connectivity index (χ2v) is 10.2. The van der Waals surface area contributed by atoms with Crippen molar-refractivity contribution in [1.29, 1.82) is 5.26 Å². The number of methoxy groups -OCH3 is 1. The first-order chi connectivity index (χ1) is 16.8. The number of nitrogens with one attached hydrogen (secondary N) is 1. The van der Waals surface area contributed by atoms with Gasteiger partial charge in [0.1, 0.15) is 28.9 Å². The molecule has 1 heterocycles. The Bertz CT molecular complexity index is 1340. The third kappa shape index (κ3) is 7.80. The van der Waals surface area contributed by atoms with Gasteiger partial charge in [-0.3, -0.25) is 10.1 Å². The molecule has 0 saturated carbocycles. The topological polar surface area (TPSA) is 140 Å². The molecule has 0 bridgehead atoms. The average molecular weight is 515 g/mol. The number of rotatable bonds is 11. The fraction of sp³-hybridized carbons (Fsp3) is 0.217. The molecule has 0 aliphatic rings. The van der Waals surface area contributed by atoms with Gasteiger partial charge in [0.05, 0.1) is 20.3 Å². The van der Waals surface area contributed by atoms with Crippen LogP contribution < -0.4 is 19.5 Å². The summed E-state index contributed by atoms with van der Waals surface area (Å²) >= 11 is 0.706. The quantitative estimate of drug-likeness (QED) is 0.176. The van der Waals surface area contributed by atoms with E-state index in [1.165, 1.54) is 6.08 Å². The van der Waals surface area contributed by atoms with E-state index in [4.69, 9.17) is 14.2 Å². The SMILES string of the molecule is COc1cccc(OCCCOc2ccc(/C=C(/C#N)C(=O)Nc3nnc(S(C)(=O)=O)s3)cc2)c1. The van der Waals surface area contributed by atoms with Gasteiger partial charge in [-0.15, -0.1) is 10.2 Å². The summed E-state index contributed by atoms with van der Waals surface area (Å²) in [6.45, 7) is 0.928. The second kappa shape index (κ2) is 12.0. The van der Waals surface area contributed by atoms with Crippen LogP contribution in [-0.2, 0) is 14.6 Å². The van der Waals surface area contributed by atoms with E-state index < -0.39 is 15.7 Å². The molecule has 1 aromatic heterocycles. The molecule has 12 heteroatoms. The number of sulfone groups is 1. The number of hydrogen-bond acceptors (Lipinski definition) is 10. The van der Waals surface area contributed by atoms with Gasteiger partial charge in [0.15, 0.2) is 0 Å². The maximum absolute atomic E-state index is 12.4. The van der Waals surface area contributed by atoms with E-state index in [9.17, 15) is 18.5 Å². The molecule has 3 aromatic rings. The maximum atomic E-state index is 12.4. The average Bonchev–Trinajstić information content (AvgIpc) is 3.32. The molecule has 10 nitrogen and oxygen atoms in total. The van der Waals surface area contributed by atoms with E-state index in [0.29, 0.717) is 42.3 Å². The summed E-state index contributed by atoms with van der Waals surface area (Å²) in [4.78, 5) is 12.4. The molecule has 1 amide bonds. The Morgan fingerprint density at radius 1 is 1.09 bits per heavy atom. The number of aromatic nitrogens is 2. The first-order valence-corrected chi connectivity index (χ1v) is 13.0. The number of anilines is 1. The first-order valence-electron chi connectivity index (χ1n) is 10.2. The standard InChI is InChI=1S/C23H22N4O6S2/c1-31-19-5-3-6-20(14-19)33-12-4-11-32-18-9-7-16(8-10-18)13-17(15-24)21(28)25-22-26-27-23(34-22)35(2,29)30/h3,5-10,13-14H,4,11-12H2,1-2H3,(H,25,26,28)/b17-13-. The highest BCUT2D eigenvalue weighted by Gasteiger charge is 2.17. The lowest BCUT2D eigenvalue weighted by molar-refractivity contribution is -0.112. The Morgan fingerprint density at radius 3 is 2.40 bits per heavy atom. The minimum atomic E-state index is -3.53. The monoisotopic (exact) mass is 514 g/mol. The van der Waals surface area contributed by atoms with E-state index in [0.717, 1.165) is 17.8 Å². The van der Waals surface area contributed by atoms with Gasteiger partial charge in [0.25, 0.3) is 5.91 Å². The summed E-state index contributed by atoms with van der Waals surface area (Å²) in [5.41, 5.74) is 0.434. The molecule has 0 unspecified atom stereocenters. The van der Waals surface area contributed by atoms with Crippen LogP contribution in [0.4, 0.5) is 5.13 Å². The van der Waals surface area contributed by atoms with Gasteiger partial charge < -0.3 is 14.2 Å². The Morgan fingerprint density at radius 2 is 1.77 bits per heavy atom. The van der Waals surface area contributed by atoms with Crippen LogP contribution in [0.25, 0.3) is 6.08 Å². The molecule has 0 saturated heterocycles. The van der Waals surface area contributed by atoms with Crippen LogP contribution in [0.5, 0.6) is 17.2 Å². The van der Waals surface area contributed by atoms with Gasteiger partial charge in [-0.25, -0.2) is 8.42 Å². The van der Waals surface area contributed by atoms with Gasteiger partial charge in [0.2, 0.25) is 19.3 Å². The molecule has 182 valence electrons. The van der Waals surface area contributed by atoms with Crippen LogP contribution in [0.1, 0.15) is 12.0 Å². The molecular weight excluding hydrogens is 492 g/mol. The Hall–Kier alpha value is -3.95. The Labute approximate surface area is 206 Å². The van der Waals surface area contributed by atoms with Gasteiger partial charge in [-0.2, -0.15) is 5.26 Å². The lowest BCUT2D eigenvalue weighted by Gasteiger charge is -2.09. The summed E-state index contributed by atoms with van der Waals surface area (Å²) in [5, 5.41) is 18.8. The van der Waals surface area contributed by atoms with Crippen LogP contribution in [0, 0.1) is 11.3 Å². The number of carbonyl (C=O) groups excluding carboxylic acids is 1. The minimum Gasteiger partial charge on any atom is -0.497 e. The van der Waals surface area contributed by atoms with Crippen molar-refractivity contribution in [3.63, 3.8) is 0 Å². The molecular formula is C23H22N4O6S2. The van der Waals surface area contributed by atoms with Crippen LogP contribution in [0.2, 0.25) is 0 Å². The van der Waals surface area contributed by atoms with Gasteiger partial charge in [0, 0.05) is 18.7 Å². The number of carbonyl (C=O) groups is 1. The molecule has 0 spiro atoms. The van der Waals surface area contributed by atoms with Crippen molar-refractivity contribution in [2.45, 2.75) is 10.8 Å².